The topological polar surface area (TPSA) is 76.0 Å². The number of carbonyl (C=O) groups is 2. The Balaban J connectivity index is 1.48. The van der Waals surface area contributed by atoms with Gasteiger partial charge in [0, 0.05) is 29.8 Å². The van der Waals surface area contributed by atoms with Crippen molar-refractivity contribution < 1.29 is 14.0 Å². The molecule has 154 valence electrons. The first-order chi connectivity index (χ1) is 14.5. The Hall–Kier alpha value is -3.48. The van der Waals surface area contributed by atoms with Gasteiger partial charge in [0.25, 0.3) is 0 Å². The summed E-state index contributed by atoms with van der Waals surface area (Å²) in [5, 5.41) is 10.2. The van der Waals surface area contributed by atoms with Crippen LogP contribution in [0.15, 0.2) is 60.8 Å². The lowest BCUT2D eigenvalue weighted by Gasteiger charge is -2.07. The highest BCUT2D eigenvalue weighted by Gasteiger charge is 2.38. The van der Waals surface area contributed by atoms with Crippen LogP contribution in [0.4, 0.5) is 4.39 Å². The van der Waals surface area contributed by atoms with E-state index in [1.807, 2.05) is 43.5 Å². The number of hydrogen-bond acceptors (Lipinski definition) is 3. The first-order valence-electron chi connectivity index (χ1n) is 9.95. The van der Waals surface area contributed by atoms with Gasteiger partial charge >= 0.3 is 0 Å². The Kier molecular flexibility index (Phi) is 5.61. The Morgan fingerprint density at radius 3 is 2.47 bits per heavy atom. The molecule has 2 N–H and O–H groups in total. The lowest BCUT2D eigenvalue weighted by Crippen LogP contribution is -2.37. The number of rotatable bonds is 7. The van der Waals surface area contributed by atoms with E-state index in [0.29, 0.717) is 11.6 Å². The molecule has 2 unspecified atom stereocenters. The molecule has 4 rings (SSSR count). The van der Waals surface area contributed by atoms with Gasteiger partial charge in [0.05, 0.1) is 17.9 Å². The van der Waals surface area contributed by atoms with Crippen molar-refractivity contribution in [2.75, 3.05) is 6.54 Å². The third-order valence-electron chi connectivity index (χ3n) is 5.27. The number of carbonyl (C=O) groups excluding carboxylic acids is 2. The van der Waals surface area contributed by atoms with Gasteiger partial charge < -0.3 is 10.6 Å². The van der Waals surface area contributed by atoms with Gasteiger partial charge in [-0.25, -0.2) is 9.07 Å². The van der Waals surface area contributed by atoms with Crippen LogP contribution in [0.2, 0.25) is 0 Å². The number of amides is 2. The minimum atomic E-state index is -0.322. The van der Waals surface area contributed by atoms with Crippen molar-refractivity contribution in [2.24, 2.45) is 11.8 Å². The summed E-state index contributed by atoms with van der Waals surface area (Å²) in [6, 6.07) is 15.7. The number of para-hydroxylation sites is 1. The number of hydrogen-bond donors (Lipinski definition) is 2. The van der Waals surface area contributed by atoms with E-state index in [2.05, 4.69) is 15.7 Å². The first kappa shape index (κ1) is 19.8. The molecule has 2 atom stereocenters. The van der Waals surface area contributed by atoms with Crippen LogP contribution >= 0.6 is 0 Å². The van der Waals surface area contributed by atoms with Gasteiger partial charge in [0.1, 0.15) is 5.82 Å². The summed E-state index contributed by atoms with van der Waals surface area (Å²) in [7, 11) is 0. The largest absolute Gasteiger partial charge is 0.350 e. The normalized spacial score (nSPS) is 17.4. The summed E-state index contributed by atoms with van der Waals surface area (Å²) in [6.07, 6.45) is 2.73. The zero-order valence-corrected chi connectivity index (χ0v) is 16.6. The van der Waals surface area contributed by atoms with Crippen LogP contribution in [-0.4, -0.2) is 28.1 Å². The van der Waals surface area contributed by atoms with Crippen molar-refractivity contribution in [3.8, 4) is 16.9 Å². The van der Waals surface area contributed by atoms with Crippen LogP contribution in [0, 0.1) is 17.7 Å². The summed E-state index contributed by atoms with van der Waals surface area (Å²) < 4.78 is 15.1. The molecule has 3 aromatic rings. The van der Waals surface area contributed by atoms with E-state index >= 15 is 0 Å². The molecule has 1 fully saturated rings. The molecule has 0 radical (unpaired) electrons. The summed E-state index contributed by atoms with van der Waals surface area (Å²) in [5.41, 5.74) is 3.09. The maximum atomic E-state index is 13.3. The Morgan fingerprint density at radius 1 is 1.10 bits per heavy atom. The second-order valence-electron chi connectivity index (χ2n) is 7.60. The minimum Gasteiger partial charge on any atom is -0.350 e. The number of nitrogens with zero attached hydrogens (tertiary/aromatic N) is 2. The summed E-state index contributed by atoms with van der Waals surface area (Å²) in [5.74, 6) is -0.227. The fraction of sp³-hybridized carbons (Fsp3) is 0.261. The van der Waals surface area contributed by atoms with Gasteiger partial charge in [-0.15, -0.1) is 0 Å². The average Bonchev–Trinajstić information content (AvgIpc) is 3.34. The molecular formula is C23H23FN4O2. The number of halogens is 1. The molecule has 7 heteroatoms. The van der Waals surface area contributed by atoms with Crippen molar-refractivity contribution in [1.82, 2.24) is 20.4 Å². The van der Waals surface area contributed by atoms with Crippen molar-refractivity contribution >= 4 is 11.8 Å². The van der Waals surface area contributed by atoms with E-state index in [9.17, 15) is 14.0 Å². The predicted octanol–water partition coefficient (Wildman–Crippen LogP) is 3.07. The lowest BCUT2D eigenvalue weighted by atomic mass is 10.1. The van der Waals surface area contributed by atoms with Crippen molar-refractivity contribution in [3.63, 3.8) is 0 Å². The molecule has 1 aliphatic carbocycles. The average molecular weight is 406 g/mol. The predicted molar refractivity (Wildman–Crippen MR) is 111 cm³/mol. The van der Waals surface area contributed by atoms with Gasteiger partial charge in [-0.1, -0.05) is 25.1 Å². The highest BCUT2D eigenvalue weighted by Crippen LogP contribution is 2.37. The van der Waals surface area contributed by atoms with Crippen LogP contribution in [0.3, 0.4) is 0 Å². The molecule has 30 heavy (non-hydrogen) atoms. The fourth-order valence-electron chi connectivity index (χ4n) is 3.35. The Bertz CT molecular complexity index is 1050. The van der Waals surface area contributed by atoms with Crippen molar-refractivity contribution in [3.05, 3.63) is 72.2 Å². The Morgan fingerprint density at radius 2 is 1.80 bits per heavy atom. The molecule has 0 spiro atoms. The maximum Gasteiger partial charge on any atom is 0.239 e. The van der Waals surface area contributed by atoms with E-state index in [-0.39, 0.29) is 36.6 Å². The molecule has 1 saturated carbocycles. The number of nitrogens with one attached hydrogen (secondary N) is 2. The molecule has 1 aromatic heterocycles. The van der Waals surface area contributed by atoms with E-state index in [1.165, 1.54) is 12.1 Å². The van der Waals surface area contributed by atoms with Crippen LogP contribution in [0.5, 0.6) is 0 Å². The van der Waals surface area contributed by atoms with Gasteiger partial charge in [-0.3, -0.25) is 9.59 Å². The van der Waals surface area contributed by atoms with Crippen LogP contribution < -0.4 is 10.6 Å². The van der Waals surface area contributed by atoms with Gasteiger partial charge in [-0.2, -0.15) is 5.10 Å². The molecule has 2 amide bonds. The standard InChI is InChI=1S/C23H23FN4O2/c1-15-11-20(15)23(30)26-13-21(29)25-12-17-14-28(19-5-3-2-4-6-19)27-22(17)16-7-9-18(24)10-8-16/h2-10,14-15,20H,11-13H2,1H3,(H,25,29)(H,26,30). The minimum absolute atomic E-state index is 0.0342. The summed E-state index contributed by atoms with van der Waals surface area (Å²) >= 11 is 0. The Labute approximate surface area is 174 Å². The quantitative estimate of drug-likeness (QED) is 0.633. The summed E-state index contributed by atoms with van der Waals surface area (Å²) in [6.45, 7) is 2.21. The third-order valence-corrected chi connectivity index (χ3v) is 5.27. The SMILES string of the molecule is CC1CC1C(=O)NCC(=O)NCc1cn(-c2ccccc2)nc1-c1ccc(F)cc1. The number of aromatic nitrogens is 2. The fourth-order valence-corrected chi connectivity index (χ4v) is 3.35. The molecule has 0 aliphatic heterocycles. The lowest BCUT2D eigenvalue weighted by molar-refractivity contribution is -0.127. The van der Waals surface area contributed by atoms with E-state index in [0.717, 1.165) is 23.2 Å². The molecule has 1 heterocycles. The van der Waals surface area contributed by atoms with Crippen LogP contribution in [0.25, 0.3) is 16.9 Å². The zero-order valence-electron chi connectivity index (χ0n) is 16.6. The molecular weight excluding hydrogens is 383 g/mol. The monoisotopic (exact) mass is 406 g/mol. The summed E-state index contributed by atoms with van der Waals surface area (Å²) in [4.78, 5) is 24.1. The third kappa shape index (κ3) is 4.56. The maximum absolute atomic E-state index is 13.3. The van der Waals surface area contributed by atoms with E-state index in [1.54, 1.807) is 16.8 Å². The molecule has 0 bridgehead atoms. The molecule has 0 saturated heterocycles. The van der Waals surface area contributed by atoms with E-state index in [4.69, 9.17) is 0 Å². The zero-order chi connectivity index (χ0) is 21.1. The molecule has 1 aliphatic rings. The van der Waals surface area contributed by atoms with Crippen molar-refractivity contribution in [2.45, 2.75) is 19.9 Å². The van der Waals surface area contributed by atoms with Gasteiger partial charge in [0.15, 0.2) is 0 Å². The second-order valence-corrected chi connectivity index (χ2v) is 7.60. The second kappa shape index (κ2) is 8.49. The van der Waals surface area contributed by atoms with Gasteiger partial charge in [-0.05, 0) is 48.7 Å². The highest BCUT2D eigenvalue weighted by atomic mass is 19.1. The van der Waals surface area contributed by atoms with E-state index < -0.39 is 0 Å². The van der Waals surface area contributed by atoms with Gasteiger partial charge in [0.2, 0.25) is 11.8 Å². The van der Waals surface area contributed by atoms with Crippen LogP contribution in [-0.2, 0) is 16.1 Å². The first-order valence-corrected chi connectivity index (χ1v) is 9.95. The molecule has 6 nitrogen and oxygen atoms in total. The molecule has 2 aromatic carbocycles. The smallest absolute Gasteiger partial charge is 0.239 e. The van der Waals surface area contributed by atoms with Crippen LogP contribution in [0.1, 0.15) is 18.9 Å². The number of benzene rings is 2. The highest BCUT2D eigenvalue weighted by molar-refractivity contribution is 5.87. The van der Waals surface area contributed by atoms with Crippen molar-refractivity contribution in [1.29, 1.82) is 0 Å².